The number of hydrogen-bond donors (Lipinski definition) is 2. The number of rotatable bonds is 2. The zero-order valence-corrected chi connectivity index (χ0v) is 5.53. The van der Waals surface area contributed by atoms with E-state index in [0.717, 1.165) is 0 Å². The first-order chi connectivity index (χ1) is 5.11. The lowest BCUT2D eigenvalue weighted by atomic mass is 10.4. The number of primary amides is 2. The Kier molecular flexibility index (Phi) is 1.63. The first-order valence-electron chi connectivity index (χ1n) is 2.80. The summed E-state index contributed by atoms with van der Waals surface area (Å²) in [6, 6.07) is 2.59. The molecule has 0 unspecified atom stereocenters. The lowest BCUT2D eigenvalue weighted by molar-refractivity contribution is 0.0951. The molecule has 4 N–H and O–H groups in total. The van der Waals surface area contributed by atoms with Gasteiger partial charge in [0, 0.05) is 0 Å². The number of nitrogens with two attached hydrogens (primary N) is 2. The molecule has 1 aromatic heterocycles. The van der Waals surface area contributed by atoms with Crippen molar-refractivity contribution >= 4 is 11.8 Å². The van der Waals surface area contributed by atoms with Crippen LogP contribution in [-0.2, 0) is 0 Å². The minimum atomic E-state index is -0.725. The second-order valence-electron chi connectivity index (χ2n) is 1.89. The van der Waals surface area contributed by atoms with E-state index < -0.39 is 11.8 Å². The molecule has 0 aliphatic carbocycles. The largest absolute Gasteiger partial charge is 0.446 e. The summed E-state index contributed by atoms with van der Waals surface area (Å²) in [4.78, 5) is 20.8. The van der Waals surface area contributed by atoms with Gasteiger partial charge in [-0.3, -0.25) is 9.59 Å². The van der Waals surface area contributed by atoms with Crippen molar-refractivity contribution in [2.75, 3.05) is 0 Å². The van der Waals surface area contributed by atoms with Crippen LogP contribution in [-0.4, -0.2) is 11.8 Å². The predicted molar refractivity (Wildman–Crippen MR) is 35.7 cm³/mol. The van der Waals surface area contributed by atoms with Gasteiger partial charge in [0.05, 0.1) is 0 Å². The Hall–Kier alpha value is -1.78. The maximum absolute atomic E-state index is 10.4. The Bertz CT molecular complexity index is 274. The van der Waals surface area contributed by atoms with Crippen LogP contribution in [0.3, 0.4) is 0 Å². The van der Waals surface area contributed by atoms with Crippen LogP contribution in [0.2, 0.25) is 0 Å². The van der Waals surface area contributed by atoms with E-state index in [1.165, 1.54) is 12.1 Å². The maximum atomic E-state index is 10.4. The number of carbonyl (C=O) groups is 2. The third kappa shape index (κ3) is 1.37. The summed E-state index contributed by atoms with van der Waals surface area (Å²) in [7, 11) is 0. The van der Waals surface area contributed by atoms with Crippen molar-refractivity contribution in [1.82, 2.24) is 0 Å². The van der Waals surface area contributed by atoms with Gasteiger partial charge in [-0.1, -0.05) is 0 Å². The summed E-state index contributed by atoms with van der Waals surface area (Å²) in [5.74, 6) is -1.59. The fraction of sp³-hybridized carbons (Fsp3) is 0. The van der Waals surface area contributed by atoms with Crippen LogP contribution >= 0.6 is 0 Å². The molecule has 0 spiro atoms. The van der Waals surface area contributed by atoms with Crippen LogP contribution in [0, 0.1) is 0 Å². The third-order valence-corrected chi connectivity index (χ3v) is 1.09. The molecule has 1 rings (SSSR count). The molecular weight excluding hydrogens is 148 g/mol. The number of amides is 2. The maximum Gasteiger partial charge on any atom is 0.284 e. The first kappa shape index (κ1) is 7.33. The number of hydrogen-bond acceptors (Lipinski definition) is 3. The Morgan fingerprint density at radius 3 is 1.64 bits per heavy atom. The number of furan rings is 1. The van der Waals surface area contributed by atoms with Crippen LogP contribution < -0.4 is 11.5 Å². The highest BCUT2D eigenvalue weighted by atomic mass is 16.4. The average molecular weight is 154 g/mol. The van der Waals surface area contributed by atoms with E-state index in [2.05, 4.69) is 4.42 Å². The summed E-state index contributed by atoms with van der Waals surface area (Å²) < 4.78 is 4.66. The summed E-state index contributed by atoms with van der Waals surface area (Å²) in [6.45, 7) is 0. The summed E-state index contributed by atoms with van der Waals surface area (Å²) in [5.41, 5.74) is 9.68. The molecule has 0 aliphatic heterocycles. The summed E-state index contributed by atoms with van der Waals surface area (Å²) in [6.07, 6.45) is 0. The molecule has 2 amide bonds. The minimum absolute atomic E-state index is 0.0706. The van der Waals surface area contributed by atoms with Gasteiger partial charge >= 0.3 is 0 Å². The molecule has 5 heteroatoms. The van der Waals surface area contributed by atoms with Crippen molar-refractivity contribution in [3.63, 3.8) is 0 Å². The fourth-order valence-electron chi connectivity index (χ4n) is 0.603. The molecule has 0 saturated heterocycles. The van der Waals surface area contributed by atoms with Gasteiger partial charge in [-0.15, -0.1) is 0 Å². The van der Waals surface area contributed by atoms with Gasteiger partial charge in [-0.05, 0) is 12.1 Å². The van der Waals surface area contributed by atoms with Crippen LogP contribution in [0.4, 0.5) is 0 Å². The summed E-state index contributed by atoms with van der Waals surface area (Å²) >= 11 is 0. The van der Waals surface area contributed by atoms with E-state index in [0.29, 0.717) is 0 Å². The Labute approximate surface area is 62.0 Å². The van der Waals surface area contributed by atoms with Crippen molar-refractivity contribution in [2.45, 2.75) is 0 Å². The van der Waals surface area contributed by atoms with Gasteiger partial charge in [-0.2, -0.15) is 0 Å². The summed E-state index contributed by atoms with van der Waals surface area (Å²) in [5, 5.41) is 0. The second kappa shape index (κ2) is 2.45. The molecule has 58 valence electrons. The first-order valence-corrected chi connectivity index (χ1v) is 2.80. The van der Waals surface area contributed by atoms with Crippen LogP contribution in [0.1, 0.15) is 21.1 Å². The second-order valence-corrected chi connectivity index (χ2v) is 1.89. The minimum Gasteiger partial charge on any atom is -0.446 e. The normalized spacial score (nSPS) is 9.45. The van der Waals surface area contributed by atoms with E-state index >= 15 is 0 Å². The zero-order chi connectivity index (χ0) is 8.43. The van der Waals surface area contributed by atoms with Crippen molar-refractivity contribution in [3.8, 4) is 0 Å². The molecule has 0 bridgehead atoms. The van der Waals surface area contributed by atoms with E-state index in [-0.39, 0.29) is 11.5 Å². The van der Waals surface area contributed by atoms with Crippen LogP contribution in [0.25, 0.3) is 0 Å². The van der Waals surface area contributed by atoms with Crippen LogP contribution in [0.5, 0.6) is 0 Å². The molecule has 11 heavy (non-hydrogen) atoms. The lowest BCUT2D eigenvalue weighted by Gasteiger charge is -1.86. The Morgan fingerprint density at radius 1 is 1.09 bits per heavy atom. The average Bonchev–Trinajstić information content (AvgIpc) is 2.33. The highest BCUT2D eigenvalue weighted by molar-refractivity contribution is 5.94. The predicted octanol–water partition coefficient (Wildman–Crippen LogP) is -0.523. The smallest absolute Gasteiger partial charge is 0.284 e. The lowest BCUT2D eigenvalue weighted by Crippen LogP contribution is -2.11. The van der Waals surface area contributed by atoms with Crippen molar-refractivity contribution < 1.29 is 14.0 Å². The molecule has 0 fully saturated rings. The van der Waals surface area contributed by atoms with E-state index in [1.54, 1.807) is 0 Å². The molecule has 0 saturated carbocycles. The monoisotopic (exact) mass is 154 g/mol. The topological polar surface area (TPSA) is 99.3 Å². The SMILES string of the molecule is NC(=O)c1ccc(C(N)=O)o1. The quantitative estimate of drug-likeness (QED) is 0.599. The Morgan fingerprint density at radius 2 is 1.45 bits per heavy atom. The van der Waals surface area contributed by atoms with Crippen LogP contribution in [0.15, 0.2) is 16.5 Å². The molecule has 1 heterocycles. The van der Waals surface area contributed by atoms with E-state index in [4.69, 9.17) is 11.5 Å². The highest BCUT2D eigenvalue weighted by Gasteiger charge is 2.09. The Balaban J connectivity index is 2.99. The molecule has 0 radical (unpaired) electrons. The van der Waals surface area contributed by atoms with Crippen molar-refractivity contribution in [1.29, 1.82) is 0 Å². The number of carbonyl (C=O) groups excluding carboxylic acids is 2. The molecule has 0 atom stereocenters. The molecular formula is C6H6N2O3. The van der Waals surface area contributed by atoms with Crippen molar-refractivity contribution in [3.05, 3.63) is 23.7 Å². The van der Waals surface area contributed by atoms with Gasteiger partial charge < -0.3 is 15.9 Å². The van der Waals surface area contributed by atoms with Gasteiger partial charge in [0.25, 0.3) is 11.8 Å². The molecule has 1 aromatic rings. The highest BCUT2D eigenvalue weighted by Crippen LogP contribution is 2.05. The third-order valence-electron chi connectivity index (χ3n) is 1.09. The standard InChI is InChI=1S/C6H6N2O3/c7-5(9)3-1-2-4(11-3)6(8)10/h1-2H,(H2,7,9)(H2,8,10). The van der Waals surface area contributed by atoms with E-state index in [1.807, 2.05) is 0 Å². The van der Waals surface area contributed by atoms with Gasteiger partial charge in [0.2, 0.25) is 0 Å². The molecule has 0 aliphatic rings. The molecule has 5 nitrogen and oxygen atoms in total. The zero-order valence-electron chi connectivity index (χ0n) is 5.53. The van der Waals surface area contributed by atoms with Gasteiger partial charge in [-0.25, -0.2) is 0 Å². The van der Waals surface area contributed by atoms with Crippen molar-refractivity contribution in [2.24, 2.45) is 11.5 Å². The van der Waals surface area contributed by atoms with E-state index in [9.17, 15) is 9.59 Å². The fourth-order valence-corrected chi connectivity index (χ4v) is 0.603. The van der Waals surface area contributed by atoms with Gasteiger partial charge in [0.15, 0.2) is 11.5 Å². The van der Waals surface area contributed by atoms with Gasteiger partial charge in [0.1, 0.15) is 0 Å². The molecule has 0 aromatic carbocycles.